The van der Waals surface area contributed by atoms with Crippen LogP contribution in [0.25, 0.3) is 33.4 Å². The molecule has 0 fully saturated rings. The van der Waals surface area contributed by atoms with E-state index < -0.39 is 0 Å². The SMILES string of the molecule is C=CC1=C(C=C)C(C)(C)c2cccc(-c3cc(-c4ccc5c(c4)-c4cccc(C(C)(C)c6ccccc6C)c4CC5C)ccc3C)c2C1. The molecule has 0 heterocycles. The third-order valence-corrected chi connectivity index (χ3v) is 11.6. The smallest absolute Gasteiger partial charge is 0.0152 e. The van der Waals surface area contributed by atoms with Crippen LogP contribution in [0.3, 0.4) is 0 Å². The first kappa shape index (κ1) is 31.9. The highest BCUT2D eigenvalue weighted by molar-refractivity contribution is 5.84. The number of benzene rings is 5. The Morgan fingerprint density at radius 3 is 2.02 bits per heavy atom. The number of hydrogen-bond acceptors (Lipinski definition) is 0. The Hall–Kier alpha value is -4.68. The Bertz CT molecular complexity index is 2140. The van der Waals surface area contributed by atoms with Crippen LogP contribution in [0.15, 0.2) is 134 Å². The minimum Gasteiger partial charge on any atom is -0.0988 e. The molecule has 0 saturated carbocycles. The van der Waals surface area contributed by atoms with Crippen molar-refractivity contribution in [1.29, 1.82) is 0 Å². The summed E-state index contributed by atoms with van der Waals surface area (Å²) in [6.45, 7) is 24.7. The molecule has 2 aliphatic rings. The summed E-state index contributed by atoms with van der Waals surface area (Å²) in [5.74, 6) is 0.454. The zero-order valence-electron chi connectivity index (χ0n) is 29.8. The maximum atomic E-state index is 4.18. The van der Waals surface area contributed by atoms with Crippen molar-refractivity contribution in [2.45, 2.75) is 78.1 Å². The van der Waals surface area contributed by atoms with Crippen molar-refractivity contribution >= 4 is 0 Å². The molecule has 0 N–H and O–H groups in total. The predicted octanol–water partition coefficient (Wildman–Crippen LogP) is 12.8. The number of fused-ring (bicyclic) bond motifs is 4. The molecule has 48 heavy (non-hydrogen) atoms. The van der Waals surface area contributed by atoms with E-state index in [1.54, 1.807) is 0 Å². The molecule has 0 bridgehead atoms. The fraction of sp³-hybridized carbons (Fsp3) is 0.250. The first-order chi connectivity index (χ1) is 23.0. The van der Waals surface area contributed by atoms with Crippen LogP contribution >= 0.6 is 0 Å². The van der Waals surface area contributed by atoms with Crippen molar-refractivity contribution in [3.63, 3.8) is 0 Å². The van der Waals surface area contributed by atoms with E-state index >= 15 is 0 Å². The lowest BCUT2D eigenvalue weighted by Crippen LogP contribution is -2.27. The number of hydrogen-bond donors (Lipinski definition) is 0. The lowest BCUT2D eigenvalue weighted by molar-refractivity contribution is 0.611. The molecule has 0 radical (unpaired) electrons. The van der Waals surface area contributed by atoms with E-state index in [0.29, 0.717) is 5.92 Å². The second kappa shape index (κ2) is 11.8. The summed E-state index contributed by atoms with van der Waals surface area (Å²) in [4.78, 5) is 0. The van der Waals surface area contributed by atoms with Gasteiger partial charge in [0.15, 0.2) is 0 Å². The van der Waals surface area contributed by atoms with Gasteiger partial charge in [0.2, 0.25) is 0 Å². The van der Waals surface area contributed by atoms with Crippen molar-refractivity contribution in [3.8, 4) is 33.4 Å². The minimum atomic E-state index is -0.129. The molecule has 0 aromatic heterocycles. The molecular formula is C48H48. The molecule has 5 aromatic carbocycles. The van der Waals surface area contributed by atoms with Crippen LogP contribution in [0.2, 0.25) is 0 Å². The van der Waals surface area contributed by atoms with Gasteiger partial charge in [0, 0.05) is 10.8 Å². The minimum absolute atomic E-state index is 0.0894. The summed E-state index contributed by atoms with van der Waals surface area (Å²) < 4.78 is 0. The van der Waals surface area contributed by atoms with Crippen LogP contribution < -0.4 is 0 Å². The zero-order chi connectivity index (χ0) is 34.0. The Labute approximate surface area is 288 Å². The van der Waals surface area contributed by atoms with E-state index in [4.69, 9.17) is 0 Å². The standard InChI is InChI=1S/C48H48/c1-10-33-27-42-37(17-14-21-46(42)47(6,7)43(33)11-2)39-28-34(23-22-30(39)3)35-24-25-36-32(5)26-41-38(40(36)29-35)18-15-20-45(41)48(8,9)44-19-13-12-16-31(44)4/h10-25,28-29,32H,1-2,26-27H2,3-9H3. The highest BCUT2D eigenvalue weighted by Gasteiger charge is 2.34. The normalized spacial score (nSPS) is 16.5. The van der Waals surface area contributed by atoms with Crippen LogP contribution in [0.5, 0.6) is 0 Å². The Morgan fingerprint density at radius 2 is 1.31 bits per heavy atom. The lowest BCUT2D eigenvalue weighted by Gasteiger charge is -2.37. The quantitative estimate of drug-likeness (QED) is 0.176. The average molecular weight is 625 g/mol. The number of allylic oxidation sites excluding steroid dienone is 4. The van der Waals surface area contributed by atoms with Gasteiger partial charge in [-0.15, -0.1) is 0 Å². The van der Waals surface area contributed by atoms with Crippen molar-refractivity contribution in [2.75, 3.05) is 0 Å². The molecule has 1 atom stereocenters. The van der Waals surface area contributed by atoms with Crippen molar-refractivity contribution in [1.82, 2.24) is 0 Å². The van der Waals surface area contributed by atoms with Gasteiger partial charge < -0.3 is 0 Å². The van der Waals surface area contributed by atoms with E-state index in [9.17, 15) is 0 Å². The van der Waals surface area contributed by atoms with Gasteiger partial charge in [0.05, 0.1) is 0 Å². The first-order valence-corrected chi connectivity index (χ1v) is 17.5. The van der Waals surface area contributed by atoms with Crippen molar-refractivity contribution < 1.29 is 0 Å². The third kappa shape index (κ3) is 4.96. The van der Waals surface area contributed by atoms with Gasteiger partial charge in [-0.3, -0.25) is 0 Å². The van der Waals surface area contributed by atoms with Crippen molar-refractivity contribution in [2.24, 2.45) is 0 Å². The lowest BCUT2D eigenvalue weighted by atomic mass is 9.67. The highest BCUT2D eigenvalue weighted by atomic mass is 14.4. The maximum absolute atomic E-state index is 4.18. The molecule has 5 aromatic rings. The van der Waals surface area contributed by atoms with Gasteiger partial charge in [0.1, 0.15) is 0 Å². The van der Waals surface area contributed by atoms with Gasteiger partial charge >= 0.3 is 0 Å². The molecule has 1 unspecified atom stereocenters. The van der Waals surface area contributed by atoms with E-state index in [2.05, 4.69) is 159 Å². The van der Waals surface area contributed by atoms with Gasteiger partial charge in [0.25, 0.3) is 0 Å². The fourth-order valence-electron chi connectivity index (χ4n) is 8.99. The van der Waals surface area contributed by atoms with Crippen LogP contribution in [0.4, 0.5) is 0 Å². The largest absolute Gasteiger partial charge is 0.0988 e. The summed E-state index contributed by atoms with van der Waals surface area (Å²) in [5.41, 5.74) is 21.5. The number of rotatable bonds is 6. The molecule has 0 amide bonds. The second-order valence-corrected chi connectivity index (χ2v) is 15.2. The molecule has 0 nitrogen and oxygen atoms in total. The predicted molar refractivity (Wildman–Crippen MR) is 207 cm³/mol. The van der Waals surface area contributed by atoms with Crippen LogP contribution in [-0.2, 0) is 23.7 Å². The summed E-state index contributed by atoms with van der Waals surface area (Å²) in [5, 5.41) is 0. The monoisotopic (exact) mass is 624 g/mol. The van der Waals surface area contributed by atoms with Gasteiger partial charge in [-0.25, -0.2) is 0 Å². The number of aryl methyl sites for hydroxylation is 2. The maximum Gasteiger partial charge on any atom is 0.0152 e. The molecule has 2 aliphatic carbocycles. The van der Waals surface area contributed by atoms with Crippen molar-refractivity contribution in [3.05, 3.63) is 178 Å². The highest BCUT2D eigenvalue weighted by Crippen LogP contribution is 2.48. The Kier molecular flexibility index (Phi) is 7.83. The van der Waals surface area contributed by atoms with Crippen LogP contribution in [-0.4, -0.2) is 0 Å². The van der Waals surface area contributed by atoms with Crippen LogP contribution in [0, 0.1) is 13.8 Å². The van der Waals surface area contributed by atoms with E-state index in [1.165, 1.54) is 89.0 Å². The summed E-state index contributed by atoms with van der Waals surface area (Å²) >= 11 is 0. The molecule has 0 heteroatoms. The van der Waals surface area contributed by atoms with Gasteiger partial charge in [-0.1, -0.05) is 145 Å². The zero-order valence-corrected chi connectivity index (χ0v) is 29.8. The van der Waals surface area contributed by atoms with Gasteiger partial charge in [-0.05, 0) is 134 Å². The summed E-state index contributed by atoms with van der Waals surface area (Å²) in [7, 11) is 0. The molecule has 0 aliphatic heterocycles. The molecule has 240 valence electrons. The van der Waals surface area contributed by atoms with E-state index in [-0.39, 0.29) is 10.8 Å². The third-order valence-electron chi connectivity index (χ3n) is 11.6. The molecule has 0 spiro atoms. The second-order valence-electron chi connectivity index (χ2n) is 15.2. The molecular weight excluding hydrogens is 577 g/mol. The average Bonchev–Trinajstić information content (AvgIpc) is 3.07. The first-order valence-electron chi connectivity index (χ1n) is 17.5. The topological polar surface area (TPSA) is 0 Å². The Balaban J connectivity index is 1.34. The Morgan fingerprint density at radius 1 is 0.667 bits per heavy atom. The summed E-state index contributed by atoms with van der Waals surface area (Å²) in [6, 6.07) is 36.9. The van der Waals surface area contributed by atoms with E-state index in [1.807, 2.05) is 12.2 Å². The van der Waals surface area contributed by atoms with E-state index in [0.717, 1.165) is 12.8 Å². The molecule has 7 rings (SSSR count). The fourth-order valence-corrected chi connectivity index (χ4v) is 8.99. The summed E-state index contributed by atoms with van der Waals surface area (Å²) in [6.07, 6.45) is 5.99. The van der Waals surface area contributed by atoms with Crippen LogP contribution in [0.1, 0.15) is 85.0 Å². The molecule has 0 saturated heterocycles. The van der Waals surface area contributed by atoms with Gasteiger partial charge in [-0.2, -0.15) is 0 Å².